The quantitative estimate of drug-likeness (QED) is 0.873. The van der Waals surface area contributed by atoms with Crippen LogP contribution in [0.2, 0.25) is 0 Å². The SMILES string of the molecule is Cc1ccoc1C(=O)N1C[C@H](NS(C)(=O)=O)[C@@H]2OCCC[C@@H]21. The molecule has 0 bridgehead atoms. The fourth-order valence-corrected chi connectivity index (χ4v) is 4.05. The zero-order chi connectivity index (χ0) is 15.9. The maximum Gasteiger partial charge on any atom is 0.290 e. The first kappa shape index (κ1) is 15.5. The molecule has 22 heavy (non-hydrogen) atoms. The predicted octanol–water partition coefficient (Wildman–Crippen LogP) is 0.509. The number of amides is 1. The molecule has 1 aromatic rings. The Morgan fingerprint density at radius 3 is 2.86 bits per heavy atom. The third-order valence-electron chi connectivity index (χ3n) is 4.21. The summed E-state index contributed by atoms with van der Waals surface area (Å²) in [5, 5.41) is 0. The van der Waals surface area contributed by atoms with Crippen molar-refractivity contribution < 1.29 is 22.4 Å². The molecular weight excluding hydrogens is 308 g/mol. The van der Waals surface area contributed by atoms with Gasteiger partial charge in [-0.2, -0.15) is 0 Å². The van der Waals surface area contributed by atoms with Gasteiger partial charge in [-0.1, -0.05) is 0 Å². The number of rotatable bonds is 3. The first-order valence-electron chi connectivity index (χ1n) is 7.31. The average Bonchev–Trinajstić information content (AvgIpc) is 3.01. The molecule has 3 heterocycles. The van der Waals surface area contributed by atoms with E-state index in [1.165, 1.54) is 6.26 Å². The van der Waals surface area contributed by atoms with Crippen molar-refractivity contribution in [1.29, 1.82) is 0 Å². The summed E-state index contributed by atoms with van der Waals surface area (Å²) in [6, 6.07) is 1.20. The van der Waals surface area contributed by atoms with Crippen LogP contribution in [0.5, 0.6) is 0 Å². The van der Waals surface area contributed by atoms with Gasteiger partial charge < -0.3 is 14.1 Å². The summed E-state index contributed by atoms with van der Waals surface area (Å²) in [4.78, 5) is 14.4. The summed E-state index contributed by atoms with van der Waals surface area (Å²) in [5.74, 6) is 0.102. The molecule has 2 aliphatic rings. The van der Waals surface area contributed by atoms with Crippen molar-refractivity contribution in [2.75, 3.05) is 19.4 Å². The topological polar surface area (TPSA) is 88.9 Å². The number of carbonyl (C=O) groups is 1. The summed E-state index contributed by atoms with van der Waals surface area (Å²) >= 11 is 0. The fourth-order valence-electron chi connectivity index (χ4n) is 3.29. The second-order valence-electron chi connectivity index (χ2n) is 5.93. The number of sulfonamides is 1. The molecule has 2 fully saturated rings. The first-order valence-corrected chi connectivity index (χ1v) is 9.20. The number of nitrogens with one attached hydrogen (secondary N) is 1. The normalized spacial score (nSPS) is 28.6. The van der Waals surface area contributed by atoms with Crippen LogP contribution < -0.4 is 4.72 Å². The van der Waals surface area contributed by atoms with Gasteiger partial charge in [0.05, 0.1) is 30.7 Å². The van der Waals surface area contributed by atoms with Crippen LogP contribution in [-0.4, -0.2) is 56.8 Å². The number of hydrogen-bond donors (Lipinski definition) is 1. The Morgan fingerprint density at radius 1 is 1.45 bits per heavy atom. The number of fused-ring (bicyclic) bond motifs is 1. The lowest BCUT2D eigenvalue weighted by atomic mass is 10.0. The van der Waals surface area contributed by atoms with Crippen LogP contribution in [0.25, 0.3) is 0 Å². The third-order valence-corrected chi connectivity index (χ3v) is 4.94. The summed E-state index contributed by atoms with van der Waals surface area (Å²) < 4.78 is 36.7. The molecule has 8 heteroatoms. The van der Waals surface area contributed by atoms with Crippen LogP contribution in [0.3, 0.4) is 0 Å². The summed E-state index contributed by atoms with van der Waals surface area (Å²) in [6.45, 7) is 2.69. The lowest BCUT2D eigenvalue weighted by Gasteiger charge is -2.32. The summed E-state index contributed by atoms with van der Waals surface area (Å²) in [5.41, 5.74) is 0.776. The van der Waals surface area contributed by atoms with E-state index in [9.17, 15) is 13.2 Å². The van der Waals surface area contributed by atoms with Crippen molar-refractivity contribution in [2.24, 2.45) is 0 Å². The minimum Gasteiger partial charge on any atom is -0.459 e. The number of carbonyl (C=O) groups excluding carboxylic acids is 1. The summed E-state index contributed by atoms with van der Waals surface area (Å²) in [6.07, 6.45) is 3.96. The van der Waals surface area contributed by atoms with E-state index in [1.54, 1.807) is 11.0 Å². The highest BCUT2D eigenvalue weighted by Gasteiger charge is 2.47. The van der Waals surface area contributed by atoms with Crippen molar-refractivity contribution in [3.05, 3.63) is 23.7 Å². The second kappa shape index (κ2) is 5.68. The molecule has 1 aromatic heterocycles. The molecule has 1 amide bonds. The van der Waals surface area contributed by atoms with E-state index in [-0.39, 0.29) is 18.1 Å². The van der Waals surface area contributed by atoms with E-state index >= 15 is 0 Å². The minimum absolute atomic E-state index is 0.120. The van der Waals surface area contributed by atoms with Crippen LogP contribution in [0.1, 0.15) is 29.0 Å². The van der Waals surface area contributed by atoms with Crippen molar-refractivity contribution >= 4 is 15.9 Å². The van der Waals surface area contributed by atoms with Gasteiger partial charge in [0.25, 0.3) is 5.91 Å². The molecule has 0 radical (unpaired) electrons. The lowest BCUT2D eigenvalue weighted by molar-refractivity contribution is -0.0160. The van der Waals surface area contributed by atoms with E-state index in [1.807, 2.05) is 6.92 Å². The Bertz CT molecular complexity index is 669. The molecule has 1 N–H and O–H groups in total. The highest BCUT2D eigenvalue weighted by molar-refractivity contribution is 7.88. The zero-order valence-corrected chi connectivity index (χ0v) is 13.4. The van der Waals surface area contributed by atoms with E-state index in [0.717, 1.165) is 24.7 Å². The van der Waals surface area contributed by atoms with Crippen molar-refractivity contribution in [3.8, 4) is 0 Å². The maximum absolute atomic E-state index is 12.7. The molecule has 3 rings (SSSR count). The summed E-state index contributed by atoms with van der Waals surface area (Å²) in [7, 11) is -3.36. The van der Waals surface area contributed by atoms with Crippen molar-refractivity contribution in [3.63, 3.8) is 0 Å². The first-order chi connectivity index (χ1) is 10.4. The molecular formula is C14H20N2O5S. The Balaban J connectivity index is 1.85. The van der Waals surface area contributed by atoms with Gasteiger partial charge in [-0.15, -0.1) is 0 Å². The van der Waals surface area contributed by atoms with Gasteiger partial charge in [-0.05, 0) is 25.8 Å². The van der Waals surface area contributed by atoms with Crippen LogP contribution in [0.15, 0.2) is 16.7 Å². The minimum atomic E-state index is -3.36. The Labute approximate surface area is 129 Å². The largest absolute Gasteiger partial charge is 0.459 e. The van der Waals surface area contributed by atoms with Crippen LogP contribution in [0.4, 0.5) is 0 Å². The van der Waals surface area contributed by atoms with Gasteiger partial charge in [-0.3, -0.25) is 4.79 Å². The average molecular weight is 328 g/mol. The molecule has 7 nitrogen and oxygen atoms in total. The molecule has 2 aliphatic heterocycles. The number of nitrogens with zero attached hydrogens (tertiary/aromatic N) is 1. The predicted molar refractivity (Wildman–Crippen MR) is 79.0 cm³/mol. The van der Waals surface area contributed by atoms with Gasteiger partial charge in [0.15, 0.2) is 5.76 Å². The van der Waals surface area contributed by atoms with E-state index in [0.29, 0.717) is 18.9 Å². The van der Waals surface area contributed by atoms with Gasteiger partial charge in [0.2, 0.25) is 10.0 Å². The van der Waals surface area contributed by atoms with Gasteiger partial charge in [-0.25, -0.2) is 13.1 Å². The van der Waals surface area contributed by atoms with Crippen molar-refractivity contribution in [2.45, 2.75) is 38.0 Å². The van der Waals surface area contributed by atoms with E-state index in [4.69, 9.17) is 9.15 Å². The van der Waals surface area contributed by atoms with Gasteiger partial charge in [0, 0.05) is 18.7 Å². The molecule has 0 spiro atoms. The number of furan rings is 1. The lowest BCUT2D eigenvalue weighted by Crippen LogP contribution is -2.47. The van der Waals surface area contributed by atoms with Gasteiger partial charge >= 0.3 is 0 Å². The molecule has 0 aliphatic carbocycles. The van der Waals surface area contributed by atoms with Crippen molar-refractivity contribution in [1.82, 2.24) is 9.62 Å². The molecule has 0 aromatic carbocycles. The van der Waals surface area contributed by atoms with E-state index < -0.39 is 16.1 Å². The Kier molecular flexibility index (Phi) is 4.00. The third kappa shape index (κ3) is 2.90. The Hall–Kier alpha value is -1.38. The van der Waals surface area contributed by atoms with Crippen LogP contribution in [-0.2, 0) is 14.8 Å². The Morgan fingerprint density at radius 2 is 2.23 bits per heavy atom. The number of likely N-dealkylation sites (tertiary alicyclic amines) is 1. The number of ether oxygens (including phenoxy) is 1. The zero-order valence-electron chi connectivity index (χ0n) is 12.6. The molecule has 0 saturated carbocycles. The second-order valence-corrected chi connectivity index (χ2v) is 7.71. The maximum atomic E-state index is 12.7. The standard InChI is InChI=1S/C14H20N2O5S/c1-9-5-7-21-12(9)14(17)16-8-10(15-22(2,18)19)13-11(16)4-3-6-20-13/h5,7,10-11,13,15H,3-4,6,8H2,1-2H3/t10-,11-,13-/m0/s1. The number of aryl methyl sites for hydroxylation is 1. The monoisotopic (exact) mass is 328 g/mol. The molecule has 2 saturated heterocycles. The van der Waals surface area contributed by atoms with Crippen LogP contribution >= 0.6 is 0 Å². The smallest absolute Gasteiger partial charge is 0.290 e. The van der Waals surface area contributed by atoms with E-state index in [2.05, 4.69) is 4.72 Å². The highest BCUT2D eigenvalue weighted by atomic mass is 32.2. The molecule has 3 atom stereocenters. The molecule has 122 valence electrons. The molecule has 0 unspecified atom stereocenters. The fraction of sp³-hybridized carbons (Fsp3) is 0.643. The van der Waals surface area contributed by atoms with Gasteiger partial charge in [0.1, 0.15) is 0 Å². The number of hydrogen-bond acceptors (Lipinski definition) is 5. The van der Waals surface area contributed by atoms with Crippen LogP contribution in [0, 0.1) is 6.92 Å². The highest BCUT2D eigenvalue weighted by Crippen LogP contribution is 2.31.